The molecule has 1 saturated heterocycles. The quantitative estimate of drug-likeness (QED) is 0.747. The zero-order valence-electron chi connectivity index (χ0n) is 15.0. The van der Waals surface area contributed by atoms with Crippen molar-refractivity contribution in [2.45, 2.75) is 32.5 Å². The first-order valence-corrected chi connectivity index (χ1v) is 9.72. The molecule has 1 aliphatic heterocycles. The SMILES string of the molecule is Cc1c(C(=O)N2CCC[C@@H](OCc3ccccn3)C2)sc2nc[nH]c(=O)c12. The molecule has 1 atom stereocenters. The highest BCUT2D eigenvalue weighted by Crippen LogP contribution is 2.28. The van der Waals surface area contributed by atoms with Crippen LogP contribution in [0.15, 0.2) is 35.5 Å². The van der Waals surface area contributed by atoms with E-state index in [0.717, 1.165) is 18.5 Å². The molecule has 1 amide bonds. The van der Waals surface area contributed by atoms with Gasteiger partial charge in [0.15, 0.2) is 0 Å². The predicted octanol–water partition coefficient (Wildman–Crippen LogP) is 2.51. The lowest BCUT2D eigenvalue weighted by Crippen LogP contribution is -2.43. The van der Waals surface area contributed by atoms with Crippen molar-refractivity contribution in [3.63, 3.8) is 0 Å². The van der Waals surface area contributed by atoms with Crippen molar-refractivity contribution in [2.75, 3.05) is 13.1 Å². The molecule has 7 nitrogen and oxygen atoms in total. The summed E-state index contributed by atoms with van der Waals surface area (Å²) in [6.45, 7) is 3.49. The normalized spacial score (nSPS) is 17.4. The van der Waals surface area contributed by atoms with E-state index in [-0.39, 0.29) is 17.6 Å². The molecule has 0 bridgehead atoms. The van der Waals surface area contributed by atoms with Gasteiger partial charge in [-0.05, 0) is 37.5 Å². The molecule has 0 saturated carbocycles. The molecule has 0 aliphatic carbocycles. The number of pyridine rings is 1. The van der Waals surface area contributed by atoms with E-state index in [1.165, 1.54) is 17.7 Å². The van der Waals surface area contributed by atoms with Gasteiger partial charge in [-0.1, -0.05) is 6.07 Å². The van der Waals surface area contributed by atoms with Crippen LogP contribution in [0.2, 0.25) is 0 Å². The maximum atomic E-state index is 13.0. The lowest BCUT2D eigenvalue weighted by molar-refractivity contribution is -0.00773. The number of fused-ring (bicyclic) bond motifs is 1. The number of nitrogens with one attached hydrogen (secondary N) is 1. The van der Waals surface area contributed by atoms with Gasteiger partial charge < -0.3 is 14.6 Å². The first kappa shape index (κ1) is 17.8. The molecule has 0 radical (unpaired) electrons. The van der Waals surface area contributed by atoms with Gasteiger partial charge in [0.1, 0.15) is 4.83 Å². The third-order valence-electron chi connectivity index (χ3n) is 4.79. The Balaban J connectivity index is 1.48. The van der Waals surface area contributed by atoms with E-state index < -0.39 is 0 Å². The minimum absolute atomic E-state index is 0.0130. The van der Waals surface area contributed by atoms with Crippen molar-refractivity contribution in [3.05, 3.63) is 57.2 Å². The summed E-state index contributed by atoms with van der Waals surface area (Å²) < 4.78 is 5.97. The average molecular weight is 384 g/mol. The standard InChI is InChI=1S/C19H20N4O3S/c1-12-15-17(24)21-11-22-18(15)27-16(12)19(25)23-8-4-6-14(9-23)26-10-13-5-2-3-7-20-13/h2-3,5,7,11,14H,4,6,8-10H2,1H3,(H,21,22,24)/t14-/m1/s1. The smallest absolute Gasteiger partial charge is 0.264 e. The molecule has 1 N–H and O–H groups in total. The van der Waals surface area contributed by atoms with Crippen molar-refractivity contribution < 1.29 is 9.53 Å². The maximum Gasteiger partial charge on any atom is 0.264 e. The van der Waals surface area contributed by atoms with Crippen LogP contribution >= 0.6 is 11.3 Å². The zero-order chi connectivity index (χ0) is 18.8. The summed E-state index contributed by atoms with van der Waals surface area (Å²) in [5, 5.41) is 0.505. The van der Waals surface area contributed by atoms with Crippen LogP contribution in [0, 0.1) is 6.92 Å². The summed E-state index contributed by atoms with van der Waals surface area (Å²) in [5.41, 5.74) is 1.38. The van der Waals surface area contributed by atoms with Gasteiger partial charge in [-0.15, -0.1) is 11.3 Å². The molecular weight excluding hydrogens is 364 g/mol. The molecule has 0 spiro atoms. The second kappa shape index (κ2) is 7.58. The van der Waals surface area contributed by atoms with E-state index in [2.05, 4.69) is 15.0 Å². The van der Waals surface area contributed by atoms with E-state index in [1.54, 1.807) is 6.20 Å². The third-order valence-corrected chi connectivity index (χ3v) is 5.97. The van der Waals surface area contributed by atoms with Gasteiger partial charge in [-0.3, -0.25) is 14.6 Å². The van der Waals surface area contributed by atoms with E-state index >= 15 is 0 Å². The number of thiophene rings is 1. The van der Waals surface area contributed by atoms with E-state index in [4.69, 9.17) is 4.74 Å². The molecule has 0 unspecified atom stereocenters. The number of hydrogen-bond acceptors (Lipinski definition) is 6. The second-order valence-electron chi connectivity index (χ2n) is 6.62. The van der Waals surface area contributed by atoms with Crippen LogP contribution in [-0.2, 0) is 11.3 Å². The Labute approximate surface area is 160 Å². The number of hydrogen-bond donors (Lipinski definition) is 1. The Morgan fingerprint density at radius 2 is 2.30 bits per heavy atom. The Hall–Kier alpha value is -2.58. The highest BCUT2D eigenvalue weighted by molar-refractivity contribution is 7.20. The fraction of sp³-hybridized carbons (Fsp3) is 0.368. The van der Waals surface area contributed by atoms with Crippen LogP contribution in [0.5, 0.6) is 0 Å². The molecule has 1 aliphatic rings. The number of amides is 1. The van der Waals surface area contributed by atoms with Crippen LogP contribution in [0.1, 0.15) is 33.8 Å². The Kier molecular flexibility index (Phi) is 5.00. The average Bonchev–Trinajstić information content (AvgIpc) is 3.05. The zero-order valence-corrected chi connectivity index (χ0v) is 15.8. The van der Waals surface area contributed by atoms with Crippen LogP contribution < -0.4 is 5.56 Å². The van der Waals surface area contributed by atoms with Crippen molar-refractivity contribution in [1.29, 1.82) is 0 Å². The van der Waals surface area contributed by atoms with Crippen LogP contribution in [0.3, 0.4) is 0 Å². The van der Waals surface area contributed by atoms with Gasteiger partial charge >= 0.3 is 0 Å². The molecule has 3 aromatic heterocycles. The minimum atomic E-state index is -0.206. The molecule has 27 heavy (non-hydrogen) atoms. The monoisotopic (exact) mass is 384 g/mol. The fourth-order valence-corrected chi connectivity index (χ4v) is 4.49. The van der Waals surface area contributed by atoms with Crippen LogP contribution in [0.4, 0.5) is 0 Å². The third kappa shape index (κ3) is 3.63. The summed E-state index contributed by atoms with van der Waals surface area (Å²) >= 11 is 1.28. The molecule has 4 heterocycles. The number of likely N-dealkylation sites (tertiary alicyclic amines) is 1. The lowest BCUT2D eigenvalue weighted by atomic mass is 10.1. The number of carbonyl (C=O) groups is 1. The molecule has 1 fully saturated rings. The Morgan fingerprint density at radius 1 is 1.41 bits per heavy atom. The summed E-state index contributed by atoms with van der Waals surface area (Å²) in [4.78, 5) is 39.1. The largest absolute Gasteiger partial charge is 0.370 e. The van der Waals surface area contributed by atoms with Gasteiger partial charge in [0, 0.05) is 19.3 Å². The molecule has 8 heteroatoms. The lowest BCUT2D eigenvalue weighted by Gasteiger charge is -2.32. The van der Waals surface area contributed by atoms with Gasteiger partial charge in [0.25, 0.3) is 11.5 Å². The summed E-state index contributed by atoms with van der Waals surface area (Å²) in [5.74, 6) is -0.0546. The summed E-state index contributed by atoms with van der Waals surface area (Å²) in [6, 6.07) is 5.73. The predicted molar refractivity (Wildman–Crippen MR) is 103 cm³/mol. The van der Waals surface area contributed by atoms with Gasteiger partial charge in [-0.25, -0.2) is 4.98 Å². The molecule has 4 rings (SSSR count). The Morgan fingerprint density at radius 3 is 3.07 bits per heavy atom. The van der Waals surface area contributed by atoms with E-state index in [1.807, 2.05) is 30.0 Å². The summed E-state index contributed by atoms with van der Waals surface area (Å²) in [6.07, 6.45) is 4.91. The van der Waals surface area contributed by atoms with Crippen LogP contribution in [-0.4, -0.2) is 45.0 Å². The summed E-state index contributed by atoms with van der Waals surface area (Å²) in [7, 11) is 0. The topological polar surface area (TPSA) is 88.2 Å². The number of aryl methyl sites for hydroxylation is 1. The van der Waals surface area contributed by atoms with E-state index in [9.17, 15) is 9.59 Å². The fourth-order valence-electron chi connectivity index (χ4n) is 3.37. The molecule has 3 aromatic rings. The number of H-pyrrole nitrogens is 1. The van der Waals surface area contributed by atoms with Crippen molar-refractivity contribution in [3.8, 4) is 0 Å². The molecule has 140 valence electrons. The molecule has 0 aromatic carbocycles. The second-order valence-corrected chi connectivity index (χ2v) is 7.61. The van der Waals surface area contributed by atoms with Crippen molar-refractivity contribution in [1.82, 2.24) is 19.9 Å². The highest BCUT2D eigenvalue weighted by atomic mass is 32.1. The number of aromatic nitrogens is 3. The minimum Gasteiger partial charge on any atom is -0.370 e. The van der Waals surface area contributed by atoms with Crippen molar-refractivity contribution in [2.24, 2.45) is 0 Å². The number of aromatic amines is 1. The van der Waals surface area contributed by atoms with Crippen molar-refractivity contribution >= 4 is 27.5 Å². The van der Waals surface area contributed by atoms with Gasteiger partial charge in [0.05, 0.1) is 35.0 Å². The van der Waals surface area contributed by atoms with Gasteiger partial charge in [0.2, 0.25) is 0 Å². The Bertz CT molecular complexity index is 1010. The number of nitrogens with zero attached hydrogens (tertiary/aromatic N) is 3. The number of piperidine rings is 1. The maximum absolute atomic E-state index is 13.0. The highest BCUT2D eigenvalue weighted by Gasteiger charge is 2.28. The first-order chi connectivity index (χ1) is 13.1. The number of rotatable bonds is 4. The number of carbonyl (C=O) groups excluding carboxylic acids is 1. The van der Waals surface area contributed by atoms with Crippen LogP contribution in [0.25, 0.3) is 10.2 Å². The number of ether oxygens (including phenoxy) is 1. The van der Waals surface area contributed by atoms with E-state index in [0.29, 0.717) is 40.4 Å². The molecular formula is C19H20N4O3S. The van der Waals surface area contributed by atoms with Gasteiger partial charge in [-0.2, -0.15) is 0 Å². The first-order valence-electron chi connectivity index (χ1n) is 8.91.